The summed E-state index contributed by atoms with van der Waals surface area (Å²) in [7, 11) is -4.05. The number of β-amino-alcohol motifs (C(OH)–C–C–N with tert-alkyl or cyclic N) is 1. The van der Waals surface area contributed by atoms with Crippen LogP contribution >= 0.6 is 11.6 Å². The van der Waals surface area contributed by atoms with Crippen LogP contribution in [-0.4, -0.2) is 84.2 Å². The van der Waals surface area contributed by atoms with Gasteiger partial charge in [-0.05, 0) is 81.0 Å². The molecule has 2 aromatic rings. The first kappa shape index (κ1) is 28.3. The molecule has 2 aromatic carbocycles. The monoisotopic (exact) mass is 579 g/mol. The Balaban J connectivity index is 1.46. The molecule has 2 aliphatic heterocycles. The molecule has 11 heteroatoms. The van der Waals surface area contributed by atoms with Gasteiger partial charge in [0.2, 0.25) is 10.0 Å². The Morgan fingerprint density at radius 2 is 1.90 bits per heavy atom. The van der Waals surface area contributed by atoms with Gasteiger partial charge in [0.05, 0.1) is 23.6 Å². The smallest absolute Gasteiger partial charge is 0.410 e. The van der Waals surface area contributed by atoms with Crippen molar-refractivity contribution in [3.8, 4) is 0 Å². The number of sulfonamides is 1. The van der Waals surface area contributed by atoms with Gasteiger partial charge in [-0.25, -0.2) is 17.6 Å². The Morgan fingerprint density at radius 3 is 2.54 bits per heavy atom. The van der Waals surface area contributed by atoms with Crippen LogP contribution in [0.2, 0.25) is 5.02 Å². The number of hydrogen-bond donors (Lipinski definition) is 1. The average molecular weight is 580 g/mol. The zero-order chi connectivity index (χ0) is 27.8. The van der Waals surface area contributed by atoms with E-state index >= 15 is 0 Å². The van der Waals surface area contributed by atoms with Gasteiger partial charge in [0.15, 0.2) is 0 Å². The SMILES string of the molecule is C[C@H]1CN(CCO)CCN1C(=O)OC1(C2CCCC(c3cccc(F)c3)N2S(=O)(=O)c2ccc(Cl)cc2)CC1. The number of amides is 1. The minimum atomic E-state index is -4.05. The maximum Gasteiger partial charge on any atom is 0.410 e. The van der Waals surface area contributed by atoms with E-state index in [0.29, 0.717) is 68.9 Å². The molecule has 0 bridgehead atoms. The maximum atomic E-state index is 14.3. The molecule has 1 N–H and O–H groups in total. The van der Waals surface area contributed by atoms with E-state index in [0.717, 1.165) is 0 Å². The number of aliphatic hydroxyl groups excluding tert-OH is 1. The van der Waals surface area contributed by atoms with Crippen LogP contribution in [0.1, 0.15) is 50.6 Å². The summed E-state index contributed by atoms with van der Waals surface area (Å²) in [5, 5.41) is 9.69. The number of benzene rings is 2. The highest BCUT2D eigenvalue weighted by Gasteiger charge is 2.60. The van der Waals surface area contributed by atoms with Crippen molar-refractivity contribution in [2.75, 3.05) is 32.8 Å². The molecule has 1 amide bonds. The van der Waals surface area contributed by atoms with E-state index in [-0.39, 0.29) is 17.5 Å². The quantitative estimate of drug-likeness (QED) is 0.522. The lowest BCUT2D eigenvalue weighted by atomic mass is 9.90. The summed E-state index contributed by atoms with van der Waals surface area (Å²) in [5.74, 6) is -0.430. The molecular formula is C28H35ClFN3O5S. The van der Waals surface area contributed by atoms with Gasteiger partial charge in [-0.3, -0.25) is 4.90 Å². The van der Waals surface area contributed by atoms with Gasteiger partial charge in [-0.15, -0.1) is 0 Å². The third-order valence-electron chi connectivity index (χ3n) is 8.19. The van der Waals surface area contributed by atoms with Crippen LogP contribution in [-0.2, 0) is 14.8 Å². The molecule has 2 unspecified atom stereocenters. The number of carbonyl (C=O) groups is 1. The number of piperazine rings is 1. The Kier molecular flexibility index (Phi) is 8.22. The summed E-state index contributed by atoms with van der Waals surface area (Å²) < 4.78 is 50.3. The topological polar surface area (TPSA) is 90.4 Å². The Morgan fingerprint density at radius 1 is 1.15 bits per heavy atom. The van der Waals surface area contributed by atoms with E-state index in [9.17, 15) is 22.7 Å². The predicted molar refractivity (Wildman–Crippen MR) is 145 cm³/mol. The highest BCUT2D eigenvalue weighted by Crippen LogP contribution is 2.52. The number of carbonyl (C=O) groups excluding carboxylic acids is 1. The Hall–Kier alpha value is -2.24. The first-order chi connectivity index (χ1) is 18.6. The van der Waals surface area contributed by atoms with Crippen molar-refractivity contribution < 1.29 is 27.4 Å². The number of ether oxygens (including phenoxy) is 1. The molecule has 212 valence electrons. The molecule has 39 heavy (non-hydrogen) atoms. The summed E-state index contributed by atoms with van der Waals surface area (Å²) in [6.45, 7) is 4.30. The van der Waals surface area contributed by atoms with Crippen LogP contribution < -0.4 is 0 Å². The predicted octanol–water partition coefficient (Wildman–Crippen LogP) is 4.43. The molecule has 3 atom stereocenters. The lowest BCUT2D eigenvalue weighted by Gasteiger charge is -2.45. The Labute approximate surface area is 234 Å². The van der Waals surface area contributed by atoms with Crippen molar-refractivity contribution in [1.29, 1.82) is 0 Å². The van der Waals surface area contributed by atoms with Crippen LogP contribution in [0.4, 0.5) is 9.18 Å². The fourth-order valence-corrected chi connectivity index (χ4v) is 8.11. The normalized spacial score (nSPS) is 25.8. The van der Waals surface area contributed by atoms with E-state index in [1.165, 1.54) is 40.7 Å². The molecule has 3 aliphatic rings. The average Bonchev–Trinajstić information content (AvgIpc) is 3.69. The van der Waals surface area contributed by atoms with Crippen LogP contribution in [0.15, 0.2) is 53.4 Å². The summed E-state index contributed by atoms with van der Waals surface area (Å²) in [6, 6.07) is 10.8. The number of aliphatic hydroxyl groups is 1. The molecule has 1 saturated carbocycles. The Bertz CT molecular complexity index is 1290. The van der Waals surface area contributed by atoms with Crippen molar-refractivity contribution in [2.45, 2.75) is 67.6 Å². The fraction of sp³-hybridized carbons (Fsp3) is 0.536. The molecule has 0 aromatic heterocycles. The third-order valence-corrected chi connectivity index (χ3v) is 10.4. The molecule has 5 rings (SSSR count). The van der Waals surface area contributed by atoms with Gasteiger partial charge in [-0.2, -0.15) is 4.31 Å². The van der Waals surface area contributed by atoms with E-state index in [4.69, 9.17) is 16.3 Å². The zero-order valence-corrected chi connectivity index (χ0v) is 23.6. The fourth-order valence-electron chi connectivity index (χ4n) is 6.07. The molecule has 3 fully saturated rings. The van der Waals surface area contributed by atoms with Crippen LogP contribution in [0.3, 0.4) is 0 Å². The van der Waals surface area contributed by atoms with Crippen LogP contribution in [0.5, 0.6) is 0 Å². The summed E-state index contributed by atoms with van der Waals surface area (Å²) >= 11 is 6.04. The standard InChI is InChI=1S/C28H35ClFN3O5S/c1-20-19-31(16-17-34)14-15-32(20)27(35)38-28(12-13-28)26-7-3-6-25(21-4-2-5-23(30)18-21)33(26)39(36,37)24-10-8-22(29)9-11-24/h2,4-5,8-11,18,20,25-26,34H,3,6-7,12-17,19H2,1H3/t20-,25?,26?/m0/s1. The lowest BCUT2D eigenvalue weighted by molar-refractivity contribution is -0.0225. The molecule has 2 saturated heterocycles. The van der Waals surface area contributed by atoms with Gasteiger partial charge in [0.1, 0.15) is 11.4 Å². The number of halogens is 2. The summed E-state index contributed by atoms with van der Waals surface area (Å²) in [6.07, 6.45) is 2.45. The molecule has 0 radical (unpaired) electrons. The summed E-state index contributed by atoms with van der Waals surface area (Å²) in [4.78, 5) is 17.3. The number of nitrogens with zero attached hydrogens (tertiary/aromatic N) is 3. The van der Waals surface area contributed by atoms with E-state index in [2.05, 4.69) is 4.90 Å². The number of hydrogen-bond acceptors (Lipinski definition) is 6. The molecule has 0 spiro atoms. The minimum absolute atomic E-state index is 0.0619. The first-order valence-corrected chi connectivity index (χ1v) is 15.3. The van der Waals surface area contributed by atoms with Gasteiger partial charge in [0.25, 0.3) is 0 Å². The number of rotatable bonds is 7. The van der Waals surface area contributed by atoms with Gasteiger partial charge in [-0.1, -0.05) is 23.7 Å². The second-order valence-electron chi connectivity index (χ2n) is 10.8. The van der Waals surface area contributed by atoms with Gasteiger partial charge < -0.3 is 14.7 Å². The van der Waals surface area contributed by atoms with Crippen molar-refractivity contribution in [2.24, 2.45) is 0 Å². The van der Waals surface area contributed by atoms with Crippen molar-refractivity contribution >= 4 is 27.7 Å². The highest BCUT2D eigenvalue weighted by molar-refractivity contribution is 7.89. The van der Waals surface area contributed by atoms with E-state index < -0.39 is 39.6 Å². The van der Waals surface area contributed by atoms with Crippen molar-refractivity contribution in [3.05, 3.63) is 64.9 Å². The van der Waals surface area contributed by atoms with Crippen molar-refractivity contribution in [3.63, 3.8) is 0 Å². The number of piperidine rings is 1. The van der Waals surface area contributed by atoms with E-state index in [1.807, 2.05) is 6.92 Å². The second kappa shape index (κ2) is 11.3. The molecule has 2 heterocycles. The largest absolute Gasteiger partial charge is 0.441 e. The molecular weight excluding hydrogens is 545 g/mol. The minimum Gasteiger partial charge on any atom is -0.441 e. The third kappa shape index (κ3) is 5.81. The summed E-state index contributed by atoms with van der Waals surface area (Å²) in [5.41, 5.74) is -0.363. The second-order valence-corrected chi connectivity index (χ2v) is 13.1. The van der Waals surface area contributed by atoms with Gasteiger partial charge in [0, 0.05) is 37.2 Å². The van der Waals surface area contributed by atoms with Crippen molar-refractivity contribution in [1.82, 2.24) is 14.1 Å². The van der Waals surface area contributed by atoms with Crippen LogP contribution in [0.25, 0.3) is 0 Å². The highest BCUT2D eigenvalue weighted by atomic mass is 35.5. The first-order valence-electron chi connectivity index (χ1n) is 13.5. The van der Waals surface area contributed by atoms with E-state index in [1.54, 1.807) is 17.0 Å². The maximum absolute atomic E-state index is 14.3. The zero-order valence-electron chi connectivity index (χ0n) is 22.0. The van der Waals surface area contributed by atoms with Gasteiger partial charge >= 0.3 is 6.09 Å². The molecule has 8 nitrogen and oxygen atoms in total. The molecule has 1 aliphatic carbocycles. The lowest BCUT2D eigenvalue weighted by Crippen LogP contribution is -2.57. The van der Waals surface area contributed by atoms with Crippen LogP contribution in [0, 0.1) is 5.82 Å².